The summed E-state index contributed by atoms with van der Waals surface area (Å²) >= 11 is 0. The molecule has 113 heavy (non-hydrogen) atoms. The van der Waals surface area contributed by atoms with Crippen molar-refractivity contribution in [3.05, 3.63) is 378 Å². The van der Waals surface area contributed by atoms with E-state index in [1.807, 2.05) is 84.9 Å². The zero-order valence-electron chi connectivity index (χ0n) is 81.3. The molecule has 3 aliphatic heterocycles. The maximum atomic E-state index is 9.95. The Kier molecular flexibility index (Phi) is 12.3. The molecule has 17 aromatic rings. The van der Waals surface area contributed by atoms with Crippen LogP contribution in [0.15, 0.2) is 333 Å². The normalized spacial score (nSPS) is 15.7. The second-order valence-corrected chi connectivity index (χ2v) is 34.5. The third-order valence-corrected chi connectivity index (χ3v) is 23.5. The summed E-state index contributed by atoms with van der Waals surface area (Å²) in [7, 11) is 0. The Bertz CT molecular complexity index is 7130. The van der Waals surface area contributed by atoms with Gasteiger partial charge in [-0.2, -0.15) is 0 Å². The molecule has 0 saturated heterocycles. The first-order valence-corrected chi connectivity index (χ1v) is 38.8. The highest BCUT2D eigenvalue weighted by atomic mass is 16.5. The lowest BCUT2D eigenvalue weighted by Crippen LogP contribution is -2.61. The lowest BCUT2D eigenvalue weighted by atomic mass is 9.33. The SMILES string of the molecule is [2H]c1c([2H])c([2H])c2c(c1[2H])c1c([2H])c([2H])c([2H])c([2H])c1n2-c1ccc2c(c1)N(c1ccccc1-c1cc(C(C)(C)C)cc(C(C)(C)C)c1)c1cc(-c3ccc4c(c3)C(c3ccccc3)(c3ccccc3)c3ccccc3O4)cc3c1B2c1ccc(-n2c4c([2H])c([2H])c([2H])c([2H])c4c4c([2H])c([2H])c([2H])c([2H])c42)cc1N3c1ccccc1-c1cc(C(C)(C)C)cc(C(C)(C)C)c1. The fraction of sp³-hybridized carbons (Fsp3) is 0.159. The molecule has 5 heterocycles. The standard InChI is InChI=1S/C107H91BN4O/c1-103(2,3)74-57-70(58-75(64-74)104(4,5)6)80-37-19-26-44-90(80)111-96-66-78(109-92-46-28-21-39-82(92)83-40-22-29-47-93(83)109)52-54-88(96)108-89-55-53-79(110-94-48-30-23-41-84(94)85-42-24-31-49-95(85)110)67-97(89)112(91-45-27-20-38-81(91)71-59-76(105(7,8)9)65-77(60-71)106(10,11)12)99-63-69(62-98(111)102(99)108)68-51-56-101-87(61-68)107(72-33-15-13-16-34-72,73-35-17-14-18-36-73)86-43-25-32-50-100(86)113-101/h13-67H,1-12H3/i21D,22D,23D,24D,28D,29D,30D,31D,39D,40D,41D,42D,46D,47D,48D,49D. The van der Waals surface area contributed by atoms with E-state index in [0.717, 1.165) is 106 Å². The van der Waals surface area contributed by atoms with Crippen LogP contribution in [0.1, 0.15) is 150 Å². The Labute approximate surface area is 687 Å². The van der Waals surface area contributed by atoms with Gasteiger partial charge in [-0.1, -0.05) is 325 Å². The van der Waals surface area contributed by atoms with E-state index in [9.17, 15) is 16.4 Å². The molecule has 0 N–H and O–H groups in total. The van der Waals surface area contributed by atoms with Crippen LogP contribution < -0.4 is 30.9 Å². The van der Waals surface area contributed by atoms with Gasteiger partial charge in [0.2, 0.25) is 0 Å². The second-order valence-electron chi connectivity index (χ2n) is 34.5. The van der Waals surface area contributed by atoms with E-state index in [1.165, 1.54) is 0 Å². The van der Waals surface area contributed by atoms with Gasteiger partial charge in [-0.15, -0.1) is 0 Å². The van der Waals surface area contributed by atoms with Crippen molar-refractivity contribution >= 4 is 101 Å². The van der Waals surface area contributed by atoms with Crippen LogP contribution >= 0.6 is 0 Å². The Balaban J connectivity index is 0.991. The molecule has 0 amide bonds. The van der Waals surface area contributed by atoms with E-state index in [0.29, 0.717) is 45.6 Å². The van der Waals surface area contributed by atoms with Crippen molar-refractivity contribution in [3.63, 3.8) is 0 Å². The summed E-state index contributed by atoms with van der Waals surface area (Å²) in [5.74, 6) is 1.33. The van der Waals surface area contributed by atoms with Crippen molar-refractivity contribution in [3.8, 4) is 56.3 Å². The van der Waals surface area contributed by atoms with Crippen LogP contribution in [-0.2, 0) is 27.1 Å². The Hall–Kier alpha value is -12.6. The quantitative estimate of drug-likeness (QED) is 0.135. The second kappa shape index (κ2) is 25.7. The van der Waals surface area contributed by atoms with Gasteiger partial charge in [0.25, 0.3) is 6.71 Å². The van der Waals surface area contributed by atoms with E-state index in [4.69, 9.17) is 10.2 Å². The predicted octanol–water partition coefficient (Wildman–Crippen LogP) is 26.6. The molecule has 3 aliphatic rings. The van der Waals surface area contributed by atoms with Crippen LogP contribution in [0.4, 0.5) is 34.1 Å². The van der Waals surface area contributed by atoms with Gasteiger partial charge in [0, 0.05) is 77.9 Å². The Morgan fingerprint density at radius 1 is 0.301 bits per heavy atom. The first-order valence-electron chi connectivity index (χ1n) is 46.8. The number of benzene rings is 15. The molecule has 0 spiro atoms. The third-order valence-electron chi connectivity index (χ3n) is 23.5. The highest BCUT2D eigenvalue weighted by Crippen LogP contribution is 2.58. The number of aromatic nitrogens is 2. The molecular formula is C107H91BN4O. The van der Waals surface area contributed by atoms with Crippen LogP contribution in [0.5, 0.6) is 11.5 Å². The summed E-state index contributed by atoms with van der Waals surface area (Å²) < 4.78 is 163. The summed E-state index contributed by atoms with van der Waals surface area (Å²) in [4.78, 5) is 4.60. The Morgan fingerprint density at radius 3 is 1.09 bits per heavy atom. The van der Waals surface area contributed by atoms with Crippen molar-refractivity contribution in [2.24, 2.45) is 0 Å². The molecule has 0 bridgehead atoms. The van der Waals surface area contributed by atoms with Gasteiger partial charge in [0.15, 0.2) is 0 Å². The number of nitrogens with zero attached hydrogens (tertiary/aromatic N) is 4. The van der Waals surface area contributed by atoms with E-state index in [2.05, 4.69) is 245 Å². The lowest BCUT2D eigenvalue weighted by Gasteiger charge is -2.45. The fourth-order valence-electron chi connectivity index (χ4n) is 17.8. The van der Waals surface area contributed by atoms with Gasteiger partial charge in [-0.25, -0.2) is 0 Å². The highest BCUT2D eigenvalue weighted by Gasteiger charge is 2.48. The van der Waals surface area contributed by atoms with Gasteiger partial charge in [-0.3, -0.25) is 0 Å². The summed E-state index contributed by atoms with van der Waals surface area (Å²) in [5.41, 5.74) is 17.6. The van der Waals surface area contributed by atoms with Crippen LogP contribution in [0.3, 0.4) is 0 Å². The number of fused-ring (bicyclic) bond motifs is 12. The first-order chi connectivity index (χ1) is 61.2. The minimum atomic E-state index is -0.992. The molecule has 20 rings (SSSR count). The molecule has 0 saturated carbocycles. The smallest absolute Gasteiger partial charge is 0.252 e. The largest absolute Gasteiger partial charge is 0.457 e. The lowest BCUT2D eigenvalue weighted by molar-refractivity contribution is 0.434. The van der Waals surface area contributed by atoms with E-state index < -0.39 is 109 Å². The van der Waals surface area contributed by atoms with Gasteiger partial charge < -0.3 is 23.7 Å². The predicted molar refractivity (Wildman–Crippen MR) is 479 cm³/mol. The molecule has 2 aromatic heterocycles. The summed E-state index contributed by atoms with van der Waals surface area (Å²) in [6.45, 7) is 25.8. The Morgan fingerprint density at radius 2 is 0.673 bits per heavy atom. The van der Waals surface area contributed by atoms with E-state index >= 15 is 0 Å². The van der Waals surface area contributed by atoms with Crippen LogP contribution in [0.2, 0.25) is 0 Å². The summed E-state index contributed by atoms with van der Waals surface area (Å²) in [6.07, 6.45) is 0. The maximum Gasteiger partial charge on any atom is 0.252 e. The first kappa shape index (κ1) is 54.1. The van der Waals surface area contributed by atoms with Crippen LogP contribution in [0, 0.1) is 0 Å². The van der Waals surface area contributed by atoms with Crippen molar-refractivity contribution in [2.45, 2.75) is 110 Å². The highest BCUT2D eigenvalue weighted by molar-refractivity contribution is 7.00. The molecule has 0 atom stereocenters. The zero-order chi connectivity index (χ0) is 91.1. The fourth-order valence-corrected chi connectivity index (χ4v) is 17.8. The number of ether oxygens (including phenoxy) is 1. The monoisotopic (exact) mass is 1470 g/mol. The summed E-state index contributed by atoms with van der Waals surface area (Å²) in [6, 6.07) is 74.0. The van der Waals surface area contributed by atoms with Gasteiger partial charge in [-0.05, 0) is 185 Å². The number of para-hydroxylation sites is 7. The minimum Gasteiger partial charge on any atom is -0.457 e. The summed E-state index contributed by atoms with van der Waals surface area (Å²) in [5, 5.41) is -0.315. The number of hydrogen-bond donors (Lipinski definition) is 0. The zero-order valence-corrected chi connectivity index (χ0v) is 65.3. The molecule has 0 radical (unpaired) electrons. The molecule has 5 nitrogen and oxygen atoms in total. The van der Waals surface area contributed by atoms with Gasteiger partial charge >= 0.3 is 0 Å². The minimum absolute atomic E-state index is 0.0576. The molecule has 15 aromatic carbocycles. The van der Waals surface area contributed by atoms with E-state index in [-0.39, 0.29) is 65.3 Å². The maximum absolute atomic E-state index is 9.95. The number of anilines is 6. The van der Waals surface area contributed by atoms with Crippen molar-refractivity contribution in [2.75, 3.05) is 9.80 Å². The topological polar surface area (TPSA) is 25.6 Å². The molecule has 6 heteroatoms. The molecule has 548 valence electrons. The van der Waals surface area contributed by atoms with Gasteiger partial charge in [0.05, 0.1) is 60.8 Å². The average molecular weight is 1480 g/mol. The molecular weight excluding hydrogens is 1370 g/mol. The van der Waals surface area contributed by atoms with Crippen LogP contribution in [0.25, 0.3) is 88.4 Å². The van der Waals surface area contributed by atoms with Crippen molar-refractivity contribution in [1.29, 1.82) is 0 Å². The number of rotatable bonds is 9. The van der Waals surface area contributed by atoms with Crippen molar-refractivity contribution < 1.29 is 26.7 Å². The van der Waals surface area contributed by atoms with E-state index in [1.54, 1.807) is 9.13 Å². The average Bonchev–Trinajstić information content (AvgIpc) is 1.41. The van der Waals surface area contributed by atoms with Crippen LogP contribution in [-0.4, -0.2) is 15.8 Å². The van der Waals surface area contributed by atoms with Crippen molar-refractivity contribution in [1.82, 2.24) is 9.13 Å². The molecule has 0 unspecified atom stereocenters. The number of hydrogen-bond acceptors (Lipinski definition) is 3. The molecule has 0 aliphatic carbocycles. The third kappa shape index (κ3) is 11.1. The molecule has 0 fully saturated rings. The van der Waals surface area contributed by atoms with Gasteiger partial charge in [0.1, 0.15) is 11.5 Å².